The molecule has 3 rings (SSSR count). The van der Waals surface area contributed by atoms with Crippen LogP contribution in [0.15, 0.2) is 60.7 Å². The monoisotopic (exact) mass is 469 g/mol. The zero-order chi connectivity index (χ0) is 22.6. The number of aromatic hydroxyl groups is 1. The van der Waals surface area contributed by atoms with E-state index in [2.05, 4.69) is 5.32 Å². The molecule has 0 unspecified atom stereocenters. The number of ether oxygens (including phenoxy) is 1. The molecule has 2 N–H and O–H groups in total. The molecule has 0 radical (unpaired) electrons. The Kier molecular flexibility index (Phi) is 6.97. The predicted octanol–water partition coefficient (Wildman–Crippen LogP) is 6.59. The van der Waals surface area contributed by atoms with Crippen LogP contribution in [-0.2, 0) is 12.6 Å². The molecule has 0 aliphatic rings. The molecule has 0 aromatic heterocycles. The van der Waals surface area contributed by atoms with Gasteiger partial charge in [0.05, 0.1) is 23.4 Å². The lowest BCUT2D eigenvalue weighted by molar-refractivity contribution is -0.138. The molecule has 0 spiro atoms. The third-order valence-electron chi connectivity index (χ3n) is 4.34. The van der Waals surface area contributed by atoms with Crippen molar-refractivity contribution in [2.75, 3.05) is 11.9 Å². The molecular weight excluding hydrogens is 454 g/mol. The second-order valence-corrected chi connectivity index (χ2v) is 7.38. The van der Waals surface area contributed by atoms with Gasteiger partial charge in [-0.25, -0.2) is 0 Å². The van der Waals surface area contributed by atoms with Crippen molar-refractivity contribution >= 4 is 34.8 Å². The Morgan fingerprint density at radius 1 is 1.00 bits per heavy atom. The molecule has 3 aromatic rings. The van der Waals surface area contributed by atoms with Crippen LogP contribution in [-0.4, -0.2) is 17.6 Å². The van der Waals surface area contributed by atoms with Gasteiger partial charge in [-0.3, -0.25) is 4.79 Å². The van der Waals surface area contributed by atoms with Crippen LogP contribution in [0, 0.1) is 0 Å². The molecule has 0 aliphatic carbocycles. The van der Waals surface area contributed by atoms with Crippen molar-refractivity contribution in [1.29, 1.82) is 0 Å². The number of hydrogen-bond acceptors (Lipinski definition) is 3. The van der Waals surface area contributed by atoms with Crippen molar-refractivity contribution in [2.24, 2.45) is 0 Å². The first-order valence-electron chi connectivity index (χ1n) is 9.02. The molecule has 31 heavy (non-hydrogen) atoms. The zero-order valence-electron chi connectivity index (χ0n) is 15.8. The highest BCUT2D eigenvalue weighted by atomic mass is 35.5. The van der Waals surface area contributed by atoms with Crippen LogP contribution in [0.1, 0.15) is 21.5 Å². The van der Waals surface area contributed by atoms with Crippen molar-refractivity contribution in [2.45, 2.75) is 12.6 Å². The van der Waals surface area contributed by atoms with E-state index in [1.54, 1.807) is 0 Å². The fourth-order valence-corrected chi connectivity index (χ4v) is 3.24. The van der Waals surface area contributed by atoms with Gasteiger partial charge in [-0.05, 0) is 48.0 Å². The third-order valence-corrected chi connectivity index (χ3v) is 4.81. The molecule has 0 saturated heterocycles. The summed E-state index contributed by atoms with van der Waals surface area (Å²) in [6, 6.07) is 13.7. The minimum absolute atomic E-state index is 0.000771. The maximum atomic E-state index is 13.1. The Labute approximate surface area is 186 Å². The second kappa shape index (κ2) is 9.49. The molecule has 0 bridgehead atoms. The van der Waals surface area contributed by atoms with E-state index >= 15 is 0 Å². The summed E-state index contributed by atoms with van der Waals surface area (Å²) in [6.45, 7) is -0.0694. The number of benzene rings is 3. The Balaban J connectivity index is 1.75. The molecule has 0 atom stereocenters. The summed E-state index contributed by atoms with van der Waals surface area (Å²) < 4.78 is 45.0. The zero-order valence-corrected chi connectivity index (χ0v) is 17.4. The number of anilines is 1. The maximum Gasteiger partial charge on any atom is 0.416 e. The van der Waals surface area contributed by atoms with E-state index in [1.165, 1.54) is 54.6 Å². The Morgan fingerprint density at radius 2 is 1.68 bits per heavy atom. The van der Waals surface area contributed by atoms with Gasteiger partial charge < -0.3 is 15.2 Å². The summed E-state index contributed by atoms with van der Waals surface area (Å²) in [7, 11) is 0. The second-order valence-electron chi connectivity index (χ2n) is 6.51. The minimum atomic E-state index is -4.46. The summed E-state index contributed by atoms with van der Waals surface area (Å²) in [4.78, 5) is 12.5. The molecule has 0 aliphatic heterocycles. The topological polar surface area (TPSA) is 58.6 Å². The van der Waals surface area contributed by atoms with Gasteiger partial charge in [0.1, 0.15) is 11.5 Å². The van der Waals surface area contributed by atoms with E-state index in [1.807, 2.05) is 0 Å². The number of amides is 1. The summed E-state index contributed by atoms with van der Waals surface area (Å²) in [6.07, 6.45) is -4.46. The van der Waals surface area contributed by atoms with Crippen molar-refractivity contribution in [3.05, 3.63) is 87.4 Å². The van der Waals surface area contributed by atoms with Crippen LogP contribution in [0.2, 0.25) is 10.0 Å². The van der Waals surface area contributed by atoms with Crippen LogP contribution in [0.25, 0.3) is 0 Å². The Hall–Kier alpha value is -2.90. The average molecular weight is 470 g/mol. The third kappa shape index (κ3) is 5.83. The number of halogens is 5. The molecule has 0 heterocycles. The van der Waals surface area contributed by atoms with Crippen molar-refractivity contribution in [3.63, 3.8) is 0 Å². The number of carbonyl (C=O) groups excluding carboxylic acids is 1. The van der Waals surface area contributed by atoms with Crippen LogP contribution in [0.3, 0.4) is 0 Å². The van der Waals surface area contributed by atoms with Gasteiger partial charge in [0.2, 0.25) is 0 Å². The highest BCUT2D eigenvalue weighted by Crippen LogP contribution is 2.33. The van der Waals surface area contributed by atoms with E-state index in [0.717, 1.165) is 6.07 Å². The van der Waals surface area contributed by atoms with E-state index in [-0.39, 0.29) is 46.4 Å². The van der Waals surface area contributed by atoms with Crippen molar-refractivity contribution in [3.8, 4) is 11.5 Å². The number of alkyl halides is 3. The number of phenolic OH excluding ortho intramolecular Hbond substituents is 1. The van der Waals surface area contributed by atoms with Gasteiger partial charge >= 0.3 is 6.18 Å². The number of rotatable bonds is 6. The van der Waals surface area contributed by atoms with Crippen LogP contribution in [0.4, 0.5) is 18.9 Å². The molecule has 162 valence electrons. The maximum absolute atomic E-state index is 13.1. The van der Waals surface area contributed by atoms with Gasteiger partial charge in [-0.1, -0.05) is 41.4 Å². The SMILES string of the molecule is O=C(Nc1cc(Cl)ccc1OCCc1ccccc1C(F)(F)F)c1cc(Cl)ccc1O. The average Bonchev–Trinajstić information content (AvgIpc) is 2.71. The largest absolute Gasteiger partial charge is 0.507 e. The lowest BCUT2D eigenvalue weighted by Gasteiger charge is -2.15. The van der Waals surface area contributed by atoms with Crippen LogP contribution in [0.5, 0.6) is 11.5 Å². The first-order chi connectivity index (χ1) is 14.6. The smallest absolute Gasteiger partial charge is 0.416 e. The van der Waals surface area contributed by atoms with E-state index in [0.29, 0.717) is 5.02 Å². The summed E-state index contributed by atoms with van der Waals surface area (Å²) in [5, 5.41) is 13.0. The quantitative estimate of drug-likeness (QED) is 0.427. The summed E-state index contributed by atoms with van der Waals surface area (Å²) >= 11 is 11.9. The van der Waals surface area contributed by atoms with E-state index in [9.17, 15) is 23.1 Å². The van der Waals surface area contributed by atoms with E-state index in [4.69, 9.17) is 27.9 Å². The van der Waals surface area contributed by atoms with Gasteiger partial charge in [-0.2, -0.15) is 13.2 Å². The first-order valence-corrected chi connectivity index (χ1v) is 9.78. The summed E-state index contributed by atoms with van der Waals surface area (Å²) in [5.74, 6) is -0.714. The fourth-order valence-electron chi connectivity index (χ4n) is 2.89. The van der Waals surface area contributed by atoms with Gasteiger partial charge in [0.15, 0.2) is 0 Å². The van der Waals surface area contributed by atoms with E-state index < -0.39 is 17.6 Å². The highest BCUT2D eigenvalue weighted by Gasteiger charge is 2.32. The Bertz CT molecular complexity index is 1100. The number of carbonyl (C=O) groups is 1. The molecular formula is C22H16Cl2F3NO3. The van der Waals surface area contributed by atoms with Crippen LogP contribution < -0.4 is 10.1 Å². The van der Waals surface area contributed by atoms with Gasteiger partial charge in [-0.15, -0.1) is 0 Å². The number of hydrogen-bond donors (Lipinski definition) is 2. The van der Waals surface area contributed by atoms with Gasteiger partial charge in [0.25, 0.3) is 5.91 Å². The molecule has 1 amide bonds. The summed E-state index contributed by atoms with van der Waals surface area (Å²) in [5.41, 5.74) is -0.489. The van der Waals surface area contributed by atoms with Gasteiger partial charge in [0, 0.05) is 16.5 Å². The number of nitrogens with one attached hydrogen (secondary N) is 1. The van der Waals surface area contributed by atoms with Crippen molar-refractivity contribution in [1.82, 2.24) is 0 Å². The number of phenols is 1. The molecule has 0 fully saturated rings. The lowest BCUT2D eigenvalue weighted by Crippen LogP contribution is -2.14. The highest BCUT2D eigenvalue weighted by molar-refractivity contribution is 6.31. The standard InChI is InChI=1S/C22H16Cl2F3NO3/c23-14-5-7-19(29)16(11-14)21(30)28-18-12-15(24)6-8-20(18)31-10-9-13-3-1-2-4-17(13)22(25,26)27/h1-8,11-12,29H,9-10H2,(H,28,30). The first kappa shape index (κ1) is 22.8. The van der Waals surface area contributed by atoms with Crippen LogP contribution >= 0.6 is 23.2 Å². The molecule has 4 nitrogen and oxygen atoms in total. The minimum Gasteiger partial charge on any atom is -0.507 e. The Morgan fingerprint density at radius 3 is 2.42 bits per heavy atom. The molecule has 3 aromatic carbocycles. The predicted molar refractivity (Wildman–Crippen MR) is 113 cm³/mol. The molecule has 0 saturated carbocycles. The molecule has 9 heteroatoms. The fraction of sp³-hybridized carbons (Fsp3) is 0.136. The lowest BCUT2D eigenvalue weighted by atomic mass is 10.0. The van der Waals surface area contributed by atoms with Crippen molar-refractivity contribution < 1.29 is 27.8 Å². The normalized spacial score (nSPS) is 11.3.